The smallest absolute Gasteiger partial charge is 0.269 e. The number of rotatable bonds is 3. The Morgan fingerprint density at radius 3 is 2.58 bits per heavy atom. The molecule has 4 heteroatoms. The Morgan fingerprint density at radius 2 is 1.71 bits per heavy atom. The molecule has 116 valence electrons. The van der Waals surface area contributed by atoms with Crippen LogP contribution >= 0.6 is 0 Å². The fourth-order valence-electron chi connectivity index (χ4n) is 2.85. The molecule has 0 saturated carbocycles. The Hall–Kier alpha value is -3.27. The van der Waals surface area contributed by atoms with Crippen molar-refractivity contribution in [1.29, 1.82) is 0 Å². The molecule has 0 aliphatic carbocycles. The van der Waals surface area contributed by atoms with Gasteiger partial charge in [-0.25, -0.2) is 4.98 Å². The Bertz CT molecular complexity index is 1050. The molecule has 2 aromatic carbocycles. The van der Waals surface area contributed by atoms with Crippen LogP contribution in [0.2, 0.25) is 0 Å². The normalized spacial score (nSPS) is 10.8. The van der Waals surface area contributed by atoms with Crippen LogP contribution in [0.1, 0.15) is 5.56 Å². The average Bonchev–Trinajstić information content (AvgIpc) is 2.65. The lowest BCUT2D eigenvalue weighted by molar-refractivity contribution is 0.787. The van der Waals surface area contributed by atoms with Crippen LogP contribution in [0.3, 0.4) is 0 Å². The highest BCUT2D eigenvalue weighted by molar-refractivity contribution is 5.74. The Balaban J connectivity index is 1.77. The van der Waals surface area contributed by atoms with Crippen molar-refractivity contribution in [2.45, 2.75) is 6.54 Å². The van der Waals surface area contributed by atoms with E-state index in [0.29, 0.717) is 6.54 Å². The van der Waals surface area contributed by atoms with Crippen LogP contribution in [0.15, 0.2) is 84.0 Å². The van der Waals surface area contributed by atoms with Crippen LogP contribution in [0, 0.1) is 0 Å². The number of hydrogen-bond acceptors (Lipinski definition) is 3. The molecule has 0 fully saturated rings. The number of pyridine rings is 1. The van der Waals surface area contributed by atoms with Crippen LogP contribution < -0.4 is 5.56 Å². The molecule has 4 nitrogen and oxygen atoms in total. The third kappa shape index (κ3) is 2.70. The van der Waals surface area contributed by atoms with Crippen molar-refractivity contribution in [2.24, 2.45) is 0 Å². The van der Waals surface area contributed by atoms with E-state index in [9.17, 15) is 4.79 Å². The molecule has 0 amide bonds. The molecule has 24 heavy (non-hydrogen) atoms. The second-order valence-electron chi connectivity index (χ2n) is 5.61. The van der Waals surface area contributed by atoms with Crippen molar-refractivity contribution in [3.05, 3.63) is 95.2 Å². The number of aromatic nitrogens is 3. The highest BCUT2D eigenvalue weighted by Crippen LogP contribution is 2.20. The number of hydrogen-bond donors (Lipinski definition) is 0. The lowest BCUT2D eigenvalue weighted by atomic mass is 10.0. The maximum Gasteiger partial charge on any atom is 0.269 e. The molecule has 0 unspecified atom stereocenters. The van der Waals surface area contributed by atoms with Crippen LogP contribution in [0.5, 0.6) is 0 Å². The lowest BCUT2D eigenvalue weighted by Gasteiger charge is -2.11. The standard InChI is InChI=1S/C20H15N3O/c24-20-13-22-18-6-1-2-7-19(18)23(20)14-15-4-3-5-17(12-15)16-8-10-21-11-9-16/h1-13H,14H2. The van der Waals surface area contributed by atoms with Gasteiger partial charge in [-0.2, -0.15) is 0 Å². The minimum absolute atomic E-state index is 0.0944. The summed E-state index contributed by atoms with van der Waals surface area (Å²) in [7, 11) is 0. The number of fused-ring (bicyclic) bond motifs is 1. The van der Waals surface area contributed by atoms with Gasteiger partial charge in [0.15, 0.2) is 0 Å². The van der Waals surface area contributed by atoms with E-state index >= 15 is 0 Å². The molecule has 2 heterocycles. The lowest BCUT2D eigenvalue weighted by Crippen LogP contribution is -2.21. The van der Waals surface area contributed by atoms with Gasteiger partial charge in [0.05, 0.1) is 23.8 Å². The zero-order valence-corrected chi connectivity index (χ0v) is 13.0. The molecule has 0 bridgehead atoms. The molecular formula is C20H15N3O. The van der Waals surface area contributed by atoms with E-state index in [1.165, 1.54) is 6.20 Å². The van der Waals surface area contributed by atoms with E-state index < -0.39 is 0 Å². The van der Waals surface area contributed by atoms with Crippen LogP contribution in [-0.4, -0.2) is 14.5 Å². The van der Waals surface area contributed by atoms with Gasteiger partial charge in [-0.1, -0.05) is 30.3 Å². The zero-order valence-electron chi connectivity index (χ0n) is 13.0. The van der Waals surface area contributed by atoms with Crippen molar-refractivity contribution in [1.82, 2.24) is 14.5 Å². The average molecular weight is 313 g/mol. The van der Waals surface area contributed by atoms with Crippen LogP contribution in [0.25, 0.3) is 22.2 Å². The van der Waals surface area contributed by atoms with E-state index in [1.807, 2.05) is 48.5 Å². The summed E-state index contributed by atoms with van der Waals surface area (Å²) in [5.74, 6) is 0. The predicted molar refractivity (Wildman–Crippen MR) is 94.8 cm³/mol. The van der Waals surface area contributed by atoms with Gasteiger partial charge in [-0.3, -0.25) is 9.78 Å². The van der Waals surface area contributed by atoms with Gasteiger partial charge in [0.2, 0.25) is 0 Å². The second-order valence-corrected chi connectivity index (χ2v) is 5.61. The third-order valence-electron chi connectivity index (χ3n) is 4.03. The van der Waals surface area contributed by atoms with Gasteiger partial charge in [-0.05, 0) is 47.0 Å². The van der Waals surface area contributed by atoms with Crippen LogP contribution in [-0.2, 0) is 6.54 Å². The van der Waals surface area contributed by atoms with E-state index in [2.05, 4.69) is 22.1 Å². The van der Waals surface area contributed by atoms with Gasteiger partial charge >= 0.3 is 0 Å². The molecule has 0 saturated heterocycles. The minimum atomic E-state index is -0.0944. The number of nitrogens with zero attached hydrogens (tertiary/aromatic N) is 3. The maximum absolute atomic E-state index is 12.3. The molecule has 0 atom stereocenters. The SMILES string of the molecule is O=c1cnc2ccccc2n1Cc1cccc(-c2ccncc2)c1. The van der Waals surface area contributed by atoms with Gasteiger partial charge in [0.25, 0.3) is 5.56 Å². The first-order chi connectivity index (χ1) is 11.8. The first-order valence-corrected chi connectivity index (χ1v) is 7.75. The first kappa shape index (κ1) is 14.3. The van der Waals surface area contributed by atoms with Crippen molar-refractivity contribution >= 4 is 11.0 Å². The maximum atomic E-state index is 12.3. The Morgan fingerprint density at radius 1 is 0.875 bits per heavy atom. The molecule has 4 aromatic rings. The van der Waals surface area contributed by atoms with Crippen molar-refractivity contribution < 1.29 is 0 Å². The fraction of sp³-hybridized carbons (Fsp3) is 0.0500. The largest absolute Gasteiger partial charge is 0.301 e. The zero-order chi connectivity index (χ0) is 16.4. The van der Waals surface area contributed by atoms with Crippen molar-refractivity contribution in [3.8, 4) is 11.1 Å². The van der Waals surface area contributed by atoms with Gasteiger partial charge in [-0.15, -0.1) is 0 Å². The van der Waals surface area contributed by atoms with Crippen molar-refractivity contribution in [2.75, 3.05) is 0 Å². The van der Waals surface area contributed by atoms with Crippen molar-refractivity contribution in [3.63, 3.8) is 0 Å². The Labute approximate surface area is 139 Å². The van der Waals surface area contributed by atoms with E-state index in [4.69, 9.17) is 0 Å². The highest BCUT2D eigenvalue weighted by atomic mass is 16.1. The molecule has 0 aliphatic rings. The first-order valence-electron chi connectivity index (χ1n) is 7.75. The molecule has 0 radical (unpaired) electrons. The van der Waals surface area contributed by atoms with Crippen LogP contribution in [0.4, 0.5) is 0 Å². The summed E-state index contributed by atoms with van der Waals surface area (Å²) in [4.78, 5) is 20.5. The Kier molecular flexibility index (Phi) is 3.63. The quantitative estimate of drug-likeness (QED) is 0.581. The summed E-state index contributed by atoms with van der Waals surface area (Å²) in [6.07, 6.45) is 4.95. The number of para-hydroxylation sites is 2. The monoisotopic (exact) mass is 313 g/mol. The molecule has 0 spiro atoms. The molecule has 2 aromatic heterocycles. The topological polar surface area (TPSA) is 47.8 Å². The summed E-state index contributed by atoms with van der Waals surface area (Å²) < 4.78 is 1.76. The van der Waals surface area contributed by atoms with Gasteiger partial charge in [0, 0.05) is 12.4 Å². The summed E-state index contributed by atoms with van der Waals surface area (Å²) in [6.45, 7) is 0.515. The number of benzene rings is 2. The molecule has 0 N–H and O–H groups in total. The van der Waals surface area contributed by atoms with Gasteiger partial charge in [0.1, 0.15) is 0 Å². The molecule has 0 aliphatic heterocycles. The van der Waals surface area contributed by atoms with Gasteiger partial charge < -0.3 is 4.57 Å². The van der Waals surface area contributed by atoms with E-state index in [-0.39, 0.29) is 5.56 Å². The summed E-state index contributed by atoms with van der Waals surface area (Å²) in [5, 5.41) is 0. The predicted octanol–water partition coefficient (Wildman–Crippen LogP) is 3.51. The second kappa shape index (κ2) is 6.08. The van der Waals surface area contributed by atoms with E-state index in [1.54, 1.807) is 17.0 Å². The molecule has 4 rings (SSSR count). The third-order valence-corrected chi connectivity index (χ3v) is 4.03. The summed E-state index contributed by atoms with van der Waals surface area (Å²) >= 11 is 0. The fourth-order valence-corrected chi connectivity index (χ4v) is 2.85. The summed E-state index contributed by atoms with van der Waals surface area (Å²) in [6, 6.07) is 19.9. The summed E-state index contributed by atoms with van der Waals surface area (Å²) in [5.41, 5.74) is 4.87. The highest BCUT2D eigenvalue weighted by Gasteiger charge is 2.06. The van der Waals surface area contributed by atoms with E-state index in [0.717, 1.165) is 27.7 Å². The minimum Gasteiger partial charge on any atom is -0.301 e. The molecular weight excluding hydrogens is 298 g/mol.